The molecule has 1 N–H and O–H groups in total. The molecule has 0 atom stereocenters. The van der Waals surface area contributed by atoms with Gasteiger partial charge in [-0.15, -0.1) is 0 Å². The van der Waals surface area contributed by atoms with Crippen LogP contribution in [0.2, 0.25) is 5.02 Å². The van der Waals surface area contributed by atoms with Crippen molar-refractivity contribution >= 4 is 29.4 Å². The molecule has 2 rings (SSSR count). The Labute approximate surface area is 137 Å². The number of carbonyl (C=O) groups excluding carboxylic acids is 2. The van der Waals surface area contributed by atoms with E-state index in [1.54, 1.807) is 36.4 Å². The Bertz CT molecular complexity index is 745. The summed E-state index contributed by atoms with van der Waals surface area (Å²) in [7, 11) is 0. The number of nitrogens with one attached hydrogen (secondary N) is 1. The van der Waals surface area contributed by atoms with Crippen LogP contribution in [0, 0.1) is 0 Å². The van der Waals surface area contributed by atoms with Gasteiger partial charge in [-0.1, -0.05) is 35.0 Å². The summed E-state index contributed by atoms with van der Waals surface area (Å²) in [6, 6.07) is 10.2. The minimum Gasteiger partial charge on any atom is -0.293 e. The number of amides is 1. The minimum atomic E-state index is -0.421. The highest BCUT2D eigenvalue weighted by Gasteiger charge is 2.02. The Balaban J connectivity index is 1.80. The molecule has 0 aliphatic rings. The number of pyridine rings is 1. The molecular formula is C16H13ClN4O2. The normalized spacial score (nSPS) is 11.0. The van der Waals surface area contributed by atoms with E-state index in [0.29, 0.717) is 10.6 Å². The smallest absolute Gasteiger partial charge is 0.272 e. The standard InChI is InChI=1S/C16H13ClN4O2/c17-15-4-2-1-3-12(15)5-6-14(22)11-19-21-20-16(23)13-7-9-18-10-8-13/h1-10H,11H2,(H,19,20,23). The molecular weight excluding hydrogens is 316 g/mol. The van der Waals surface area contributed by atoms with Crippen molar-refractivity contribution in [1.82, 2.24) is 10.4 Å². The second-order valence-corrected chi connectivity index (χ2v) is 4.80. The second kappa shape index (κ2) is 8.55. The molecule has 0 saturated heterocycles. The van der Waals surface area contributed by atoms with Crippen LogP contribution in [-0.2, 0) is 4.79 Å². The van der Waals surface area contributed by atoms with Gasteiger partial charge in [0.25, 0.3) is 5.91 Å². The number of nitrogens with zero attached hydrogens (tertiary/aromatic N) is 3. The van der Waals surface area contributed by atoms with Gasteiger partial charge in [-0.25, -0.2) is 5.43 Å². The Morgan fingerprint density at radius 2 is 1.91 bits per heavy atom. The molecule has 7 heteroatoms. The molecule has 6 nitrogen and oxygen atoms in total. The molecule has 0 radical (unpaired) electrons. The summed E-state index contributed by atoms with van der Waals surface area (Å²) in [4.78, 5) is 27.1. The molecule has 2 aromatic rings. The predicted molar refractivity (Wildman–Crippen MR) is 86.9 cm³/mol. The Hall–Kier alpha value is -2.86. The summed E-state index contributed by atoms with van der Waals surface area (Å²) in [5.41, 5.74) is 3.38. The minimum absolute atomic E-state index is 0.169. The number of benzene rings is 1. The summed E-state index contributed by atoms with van der Waals surface area (Å²) < 4.78 is 0. The first-order chi connectivity index (χ1) is 11.2. The fourth-order valence-electron chi connectivity index (χ4n) is 1.60. The van der Waals surface area contributed by atoms with Crippen molar-refractivity contribution in [3.05, 3.63) is 71.0 Å². The van der Waals surface area contributed by atoms with Gasteiger partial charge in [0.2, 0.25) is 0 Å². The van der Waals surface area contributed by atoms with Gasteiger partial charge in [-0.2, -0.15) is 5.11 Å². The van der Waals surface area contributed by atoms with E-state index < -0.39 is 5.91 Å². The average molecular weight is 329 g/mol. The monoisotopic (exact) mass is 328 g/mol. The maximum Gasteiger partial charge on any atom is 0.272 e. The number of hydrogen-bond acceptors (Lipinski definition) is 5. The van der Waals surface area contributed by atoms with Gasteiger partial charge < -0.3 is 0 Å². The van der Waals surface area contributed by atoms with Crippen LogP contribution in [0.4, 0.5) is 0 Å². The predicted octanol–water partition coefficient (Wildman–Crippen LogP) is 3.11. The lowest BCUT2D eigenvalue weighted by atomic mass is 10.2. The third-order valence-electron chi connectivity index (χ3n) is 2.75. The second-order valence-electron chi connectivity index (χ2n) is 4.40. The van der Waals surface area contributed by atoms with E-state index in [0.717, 1.165) is 5.56 Å². The SMILES string of the molecule is O=C(C=Cc1ccccc1Cl)CN=NNC(=O)c1ccncc1. The highest BCUT2D eigenvalue weighted by Crippen LogP contribution is 2.16. The van der Waals surface area contributed by atoms with Crippen LogP contribution in [0.25, 0.3) is 6.08 Å². The molecule has 23 heavy (non-hydrogen) atoms. The van der Waals surface area contributed by atoms with E-state index in [1.807, 2.05) is 6.07 Å². The van der Waals surface area contributed by atoms with E-state index in [-0.39, 0.29) is 12.3 Å². The zero-order chi connectivity index (χ0) is 16.5. The van der Waals surface area contributed by atoms with Crippen LogP contribution in [0.3, 0.4) is 0 Å². The molecule has 0 saturated carbocycles. The lowest BCUT2D eigenvalue weighted by Crippen LogP contribution is -2.17. The molecule has 1 aromatic heterocycles. The zero-order valence-corrected chi connectivity index (χ0v) is 12.8. The molecule has 0 bridgehead atoms. The summed E-state index contributed by atoms with van der Waals surface area (Å²) >= 11 is 5.97. The Morgan fingerprint density at radius 1 is 1.17 bits per heavy atom. The topological polar surface area (TPSA) is 83.8 Å². The summed E-state index contributed by atoms with van der Waals surface area (Å²) in [5, 5.41) is 7.66. The van der Waals surface area contributed by atoms with Crippen molar-refractivity contribution in [3.8, 4) is 0 Å². The Morgan fingerprint density at radius 3 is 2.65 bits per heavy atom. The van der Waals surface area contributed by atoms with Gasteiger partial charge in [0.05, 0.1) is 0 Å². The van der Waals surface area contributed by atoms with Crippen LogP contribution in [-0.4, -0.2) is 23.2 Å². The van der Waals surface area contributed by atoms with Crippen molar-refractivity contribution in [2.45, 2.75) is 0 Å². The van der Waals surface area contributed by atoms with Crippen molar-refractivity contribution in [2.24, 2.45) is 10.3 Å². The van der Waals surface area contributed by atoms with Crippen LogP contribution in [0.1, 0.15) is 15.9 Å². The highest BCUT2D eigenvalue weighted by molar-refractivity contribution is 6.32. The number of rotatable bonds is 6. The Kier molecular flexibility index (Phi) is 6.14. The molecule has 116 valence electrons. The molecule has 0 unspecified atom stereocenters. The summed E-state index contributed by atoms with van der Waals surface area (Å²) in [6.45, 7) is -0.169. The number of hydrogen-bond donors (Lipinski definition) is 1. The van der Waals surface area contributed by atoms with Gasteiger partial charge in [-0.05, 0) is 35.9 Å². The van der Waals surface area contributed by atoms with Crippen LogP contribution >= 0.6 is 11.6 Å². The van der Waals surface area contributed by atoms with Gasteiger partial charge >= 0.3 is 0 Å². The maximum atomic E-state index is 11.6. The van der Waals surface area contributed by atoms with Gasteiger partial charge in [0, 0.05) is 23.0 Å². The van der Waals surface area contributed by atoms with Gasteiger partial charge in [0.15, 0.2) is 5.78 Å². The van der Waals surface area contributed by atoms with E-state index >= 15 is 0 Å². The molecule has 1 heterocycles. The van der Waals surface area contributed by atoms with Crippen molar-refractivity contribution in [3.63, 3.8) is 0 Å². The van der Waals surface area contributed by atoms with Gasteiger partial charge in [-0.3, -0.25) is 14.6 Å². The lowest BCUT2D eigenvalue weighted by molar-refractivity contribution is -0.113. The number of ketones is 1. The maximum absolute atomic E-state index is 11.6. The fraction of sp³-hybridized carbons (Fsp3) is 0.0625. The van der Waals surface area contributed by atoms with E-state index in [1.165, 1.54) is 18.5 Å². The first-order valence-electron chi connectivity index (χ1n) is 6.69. The van der Waals surface area contributed by atoms with E-state index in [2.05, 4.69) is 20.7 Å². The molecule has 0 fully saturated rings. The van der Waals surface area contributed by atoms with Crippen molar-refractivity contribution in [1.29, 1.82) is 0 Å². The molecule has 0 spiro atoms. The molecule has 1 amide bonds. The first kappa shape index (κ1) is 16.5. The third kappa shape index (κ3) is 5.44. The fourth-order valence-corrected chi connectivity index (χ4v) is 1.80. The molecule has 1 aromatic carbocycles. The van der Waals surface area contributed by atoms with Crippen LogP contribution in [0.15, 0.2) is 65.2 Å². The van der Waals surface area contributed by atoms with Crippen LogP contribution in [0.5, 0.6) is 0 Å². The third-order valence-corrected chi connectivity index (χ3v) is 3.09. The highest BCUT2D eigenvalue weighted by atomic mass is 35.5. The average Bonchev–Trinajstić information content (AvgIpc) is 2.58. The van der Waals surface area contributed by atoms with Crippen molar-refractivity contribution in [2.75, 3.05) is 6.54 Å². The lowest BCUT2D eigenvalue weighted by Gasteiger charge is -1.97. The largest absolute Gasteiger partial charge is 0.293 e. The van der Waals surface area contributed by atoms with E-state index in [9.17, 15) is 9.59 Å². The molecule has 0 aliphatic carbocycles. The number of aromatic nitrogens is 1. The first-order valence-corrected chi connectivity index (χ1v) is 7.07. The summed E-state index contributed by atoms with van der Waals surface area (Å²) in [5.74, 6) is -0.679. The number of carbonyl (C=O) groups is 2. The van der Waals surface area contributed by atoms with Crippen LogP contribution < -0.4 is 5.43 Å². The number of halogens is 1. The van der Waals surface area contributed by atoms with E-state index in [4.69, 9.17) is 11.6 Å². The zero-order valence-electron chi connectivity index (χ0n) is 12.0. The quantitative estimate of drug-likeness (QED) is 0.502. The molecule has 0 aliphatic heterocycles. The van der Waals surface area contributed by atoms with Gasteiger partial charge in [0.1, 0.15) is 6.54 Å². The summed E-state index contributed by atoms with van der Waals surface area (Å²) in [6.07, 6.45) is 5.96. The van der Waals surface area contributed by atoms with Crippen molar-refractivity contribution < 1.29 is 9.59 Å².